The fourth-order valence-corrected chi connectivity index (χ4v) is 2.77. The standard InChI is InChI=1S/C15H29N/c1-4-12-16-15(11-10-13(2)3)14-8-6-5-7-9-14/h14-16H,2,4-12H2,1,3H3. The lowest BCUT2D eigenvalue weighted by molar-refractivity contribution is 0.258. The van der Waals surface area contributed by atoms with E-state index < -0.39 is 0 Å². The highest BCUT2D eigenvalue weighted by molar-refractivity contribution is 4.91. The molecule has 1 atom stereocenters. The van der Waals surface area contributed by atoms with E-state index in [0.717, 1.165) is 12.0 Å². The second-order valence-corrected chi connectivity index (χ2v) is 5.45. The van der Waals surface area contributed by atoms with Crippen LogP contribution in [0.4, 0.5) is 0 Å². The van der Waals surface area contributed by atoms with Crippen molar-refractivity contribution in [2.75, 3.05) is 6.54 Å². The summed E-state index contributed by atoms with van der Waals surface area (Å²) in [6.45, 7) is 9.61. The molecule has 1 fully saturated rings. The van der Waals surface area contributed by atoms with Gasteiger partial charge in [-0.05, 0) is 51.5 Å². The van der Waals surface area contributed by atoms with Crippen molar-refractivity contribution in [2.24, 2.45) is 5.92 Å². The van der Waals surface area contributed by atoms with Crippen LogP contribution in [-0.4, -0.2) is 12.6 Å². The predicted octanol–water partition coefficient (Wildman–Crippen LogP) is 4.29. The quantitative estimate of drug-likeness (QED) is 0.635. The number of rotatable bonds is 7. The van der Waals surface area contributed by atoms with Gasteiger partial charge in [0.05, 0.1) is 0 Å². The molecule has 0 amide bonds. The Kier molecular flexibility index (Phi) is 6.79. The van der Waals surface area contributed by atoms with Gasteiger partial charge in [-0.25, -0.2) is 0 Å². The lowest BCUT2D eigenvalue weighted by Crippen LogP contribution is -2.37. The van der Waals surface area contributed by atoms with Gasteiger partial charge in [0.15, 0.2) is 0 Å². The summed E-state index contributed by atoms with van der Waals surface area (Å²) in [6.07, 6.45) is 11.0. The van der Waals surface area contributed by atoms with Crippen molar-refractivity contribution in [3.05, 3.63) is 12.2 Å². The monoisotopic (exact) mass is 223 g/mol. The van der Waals surface area contributed by atoms with E-state index >= 15 is 0 Å². The Morgan fingerprint density at radius 2 is 2.00 bits per heavy atom. The maximum Gasteiger partial charge on any atom is 0.00983 e. The zero-order valence-electron chi connectivity index (χ0n) is 11.2. The van der Waals surface area contributed by atoms with Crippen LogP contribution >= 0.6 is 0 Å². The van der Waals surface area contributed by atoms with E-state index in [1.54, 1.807) is 0 Å². The Morgan fingerprint density at radius 1 is 1.31 bits per heavy atom. The van der Waals surface area contributed by atoms with Crippen LogP contribution in [0.15, 0.2) is 12.2 Å². The summed E-state index contributed by atoms with van der Waals surface area (Å²) >= 11 is 0. The molecule has 94 valence electrons. The van der Waals surface area contributed by atoms with Crippen molar-refractivity contribution in [3.8, 4) is 0 Å². The van der Waals surface area contributed by atoms with Crippen LogP contribution in [0, 0.1) is 5.92 Å². The topological polar surface area (TPSA) is 12.0 Å². The molecule has 0 bridgehead atoms. The molecule has 1 N–H and O–H groups in total. The van der Waals surface area contributed by atoms with Gasteiger partial charge in [0, 0.05) is 6.04 Å². The SMILES string of the molecule is C=C(C)CCC(NCCC)C1CCCCC1. The van der Waals surface area contributed by atoms with E-state index in [0.29, 0.717) is 0 Å². The molecular formula is C15H29N. The largest absolute Gasteiger partial charge is 0.314 e. The molecule has 1 nitrogen and oxygen atoms in total. The molecule has 16 heavy (non-hydrogen) atoms. The zero-order valence-corrected chi connectivity index (χ0v) is 11.2. The average Bonchev–Trinajstić information content (AvgIpc) is 2.30. The third-order valence-corrected chi connectivity index (χ3v) is 3.76. The highest BCUT2D eigenvalue weighted by atomic mass is 14.9. The molecule has 0 aromatic carbocycles. The first kappa shape index (κ1) is 13.8. The van der Waals surface area contributed by atoms with Gasteiger partial charge in [0.25, 0.3) is 0 Å². The molecule has 1 saturated carbocycles. The summed E-state index contributed by atoms with van der Waals surface area (Å²) < 4.78 is 0. The Labute approximate surface area is 102 Å². The van der Waals surface area contributed by atoms with Crippen LogP contribution in [-0.2, 0) is 0 Å². The van der Waals surface area contributed by atoms with E-state index in [1.807, 2.05) is 0 Å². The fourth-order valence-electron chi connectivity index (χ4n) is 2.77. The minimum absolute atomic E-state index is 0.747. The smallest absolute Gasteiger partial charge is 0.00983 e. The first-order valence-electron chi connectivity index (χ1n) is 7.11. The second-order valence-electron chi connectivity index (χ2n) is 5.45. The van der Waals surface area contributed by atoms with E-state index in [9.17, 15) is 0 Å². The van der Waals surface area contributed by atoms with E-state index in [2.05, 4.69) is 25.7 Å². The molecule has 0 aromatic heterocycles. The van der Waals surface area contributed by atoms with Crippen LogP contribution in [0.5, 0.6) is 0 Å². The summed E-state index contributed by atoms with van der Waals surface area (Å²) in [4.78, 5) is 0. The van der Waals surface area contributed by atoms with Gasteiger partial charge >= 0.3 is 0 Å². The maximum atomic E-state index is 4.02. The van der Waals surface area contributed by atoms with Gasteiger partial charge < -0.3 is 5.32 Å². The van der Waals surface area contributed by atoms with E-state index in [-0.39, 0.29) is 0 Å². The molecule has 0 saturated heterocycles. The second kappa shape index (κ2) is 7.89. The van der Waals surface area contributed by atoms with Crippen molar-refractivity contribution < 1.29 is 0 Å². The van der Waals surface area contributed by atoms with Crippen LogP contribution in [0.3, 0.4) is 0 Å². The maximum absolute atomic E-state index is 4.02. The van der Waals surface area contributed by atoms with Gasteiger partial charge in [-0.2, -0.15) is 0 Å². The van der Waals surface area contributed by atoms with Crippen molar-refractivity contribution in [2.45, 2.75) is 71.3 Å². The van der Waals surface area contributed by atoms with Gasteiger partial charge in [-0.3, -0.25) is 0 Å². The lowest BCUT2D eigenvalue weighted by atomic mass is 9.82. The predicted molar refractivity (Wildman–Crippen MR) is 72.7 cm³/mol. The molecule has 1 aliphatic carbocycles. The zero-order chi connectivity index (χ0) is 11.8. The molecule has 1 rings (SSSR count). The van der Waals surface area contributed by atoms with Crippen LogP contribution in [0.25, 0.3) is 0 Å². The summed E-state index contributed by atoms with van der Waals surface area (Å²) in [6, 6.07) is 0.747. The highest BCUT2D eigenvalue weighted by Gasteiger charge is 2.22. The third kappa shape index (κ3) is 5.16. The Hall–Kier alpha value is -0.300. The number of hydrogen-bond donors (Lipinski definition) is 1. The van der Waals surface area contributed by atoms with Gasteiger partial charge in [0.2, 0.25) is 0 Å². The number of allylic oxidation sites excluding steroid dienone is 1. The molecule has 0 aliphatic heterocycles. The lowest BCUT2D eigenvalue weighted by Gasteiger charge is -2.31. The number of nitrogens with one attached hydrogen (secondary N) is 1. The van der Waals surface area contributed by atoms with Crippen molar-refractivity contribution in [1.82, 2.24) is 5.32 Å². The fraction of sp³-hybridized carbons (Fsp3) is 0.867. The van der Waals surface area contributed by atoms with E-state index in [1.165, 1.54) is 63.5 Å². The minimum Gasteiger partial charge on any atom is -0.314 e. The normalized spacial score (nSPS) is 19.6. The van der Waals surface area contributed by atoms with Gasteiger partial charge in [0.1, 0.15) is 0 Å². The Morgan fingerprint density at radius 3 is 2.56 bits per heavy atom. The first-order chi connectivity index (χ1) is 7.74. The molecule has 0 heterocycles. The van der Waals surface area contributed by atoms with Crippen LogP contribution in [0.2, 0.25) is 0 Å². The van der Waals surface area contributed by atoms with Crippen molar-refractivity contribution >= 4 is 0 Å². The number of hydrogen-bond acceptors (Lipinski definition) is 1. The molecule has 1 aliphatic rings. The van der Waals surface area contributed by atoms with Crippen LogP contribution < -0.4 is 5.32 Å². The average molecular weight is 223 g/mol. The molecule has 0 aromatic rings. The summed E-state index contributed by atoms with van der Waals surface area (Å²) in [5, 5.41) is 3.75. The molecule has 0 radical (unpaired) electrons. The minimum atomic E-state index is 0.747. The van der Waals surface area contributed by atoms with Gasteiger partial charge in [-0.1, -0.05) is 31.8 Å². The highest BCUT2D eigenvalue weighted by Crippen LogP contribution is 2.28. The van der Waals surface area contributed by atoms with Gasteiger partial charge in [-0.15, -0.1) is 6.58 Å². The summed E-state index contributed by atoms with van der Waals surface area (Å²) in [5.41, 5.74) is 1.33. The van der Waals surface area contributed by atoms with Crippen molar-refractivity contribution in [1.29, 1.82) is 0 Å². The molecule has 1 unspecified atom stereocenters. The third-order valence-electron chi connectivity index (χ3n) is 3.76. The first-order valence-corrected chi connectivity index (χ1v) is 7.11. The van der Waals surface area contributed by atoms with Crippen molar-refractivity contribution in [3.63, 3.8) is 0 Å². The molecule has 0 spiro atoms. The van der Waals surface area contributed by atoms with Crippen LogP contribution in [0.1, 0.15) is 65.2 Å². The summed E-state index contributed by atoms with van der Waals surface area (Å²) in [7, 11) is 0. The molecular weight excluding hydrogens is 194 g/mol. The summed E-state index contributed by atoms with van der Waals surface area (Å²) in [5.74, 6) is 0.930. The Balaban J connectivity index is 2.37. The Bertz CT molecular complexity index is 192. The molecule has 1 heteroatoms. The van der Waals surface area contributed by atoms with E-state index in [4.69, 9.17) is 0 Å².